The summed E-state index contributed by atoms with van der Waals surface area (Å²) in [5.74, 6) is 0. The first-order valence-electron chi connectivity index (χ1n) is 5.89. The summed E-state index contributed by atoms with van der Waals surface area (Å²) in [6.45, 7) is 12.8. The van der Waals surface area contributed by atoms with Crippen LogP contribution in [0.4, 0.5) is 0 Å². The predicted molar refractivity (Wildman–Crippen MR) is 74.0 cm³/mol. The van der Waals surface area contributed by atoms with E-state index in [1.807, 2.05) is 12.1 Å². The van der Waals surface area contributed by atoms with Gasteiger partial charge in [-0.3, -0.25) is 4.79 Å². The van der Waals surface area contributed by atoms with Crippen molar-refractivity contribution in [2.24, 2.45) is 0 Å². The van der Waals surface area contributed by atoms with Crippen molar-refractivity contribution in [3.63, 3.8) is 0 Å². The molecule has 0 amide bonds. The Labute approximate surface area is 109 Å². The molecule has 0 heterocycles. The molecule has 0 atom stereocenters. The molecule has 0 unspecified atom stereocenters. The van der Waals surface area contributed by atoms with Crippen molar-refractivity contribution in [2.45, 2.75) is 52.4 Å². The zero-order valence-electron chi connectivity index (χ0n) is 11.5. The largest absolute Gasteiger partial charge is 0.276 e. The first kappa shape index (κ1) is 14.2. The van der Waals surface area contributed by atoms with E-state index in [2.05, 4.69) is 47.6 Å². The van der Waals surface area contributed by atoms with E-state index in [9.17, 15) is 4.79 Å². The zero-order valence-corrected chi connectivity index (χ0v) is 12.3. The summed E-state index contributed by atoms with van der Waals surface area (Å²) in [6.07, 6.45) is 0. The standard InChI is InChI=1S/C15H21ClO/c1-14(2,3)11-9-7-8-10(13(16)17)12(11)15(4,5)6/h7-9H,1-6H3. The van der Waals surface area contributed by atoms with Gasteiger partial charge in [0.25, 0.3) is 5.24 Å². The average Bonchev–Trinajstić information content (AvgIpc) is 2.13. The maximum absolute atomic E-state index is 11.6. The number of carbonyl (C=O) groups excluding carboxylic acids is 1. The topological polar surface area (TPSA) is 17.1 Å². The van der Waals surface area contributed by atoms with Crippen LogP contribution in [0.15, 0.2) is 18.2 Å². The van der Waals surface area contributed by atoms with Gasteiger partial charge in [0, 0.05) is 5.56 Å². The SMILES string of the molecule is CC(C)(C)c1cccc(C(=O)Cl)c1C(C)(C)C. The van der Waals surface area contributed by atoms with E-state index in [4.69, 9.17) is 11.6 Å². The summed E-state index contributed by atoms with van der Waals surface area (Å²) < 4.78 is 0. The molecular weight excluding hydrogens is 232 g/mol. The van der Waals surface area contributed by atoms with Crippen molar-refractivity contribution in [3.8, 4) is 0 Å². The molecule has 1 aromatic carbocycles. The second-order valence-corrected chi connectivity index (χ2v) is 6.85. The average molecular weight is 253 g/mol. The Kier molecular flexibility index (Phi) is 3.73. The van der Waals surface area contributed by atoms with Gasteiger partial charge in [-0.25, -0.2) is 0 Å². The molecule has 0 aliphatic carbocycles. The van der Waals surface area contributed by atoms with E-state index in [-0.39, 0.29) is 16.1 Å². The van der Waals surface area contributed by atoms with Gasteiger partial charge in [-0.2, -0.15) is 0 Å². The van der Waals surface area contributed by atoms with Crippen LogP contribution in [-0.4, -0.2) is 5.24 Å². The van der Waals surface area contributed by atoms with Crippen molar-refractivity contribution >= 4 is 16.8 Å². The van der Waals surface area contributed by atoms with E-state index >= 15 is 0 Å². The molecule has 1 aromatic rings. The molecular formula is C15H21ClO. The van der Waals surface area contributed by atoms with E-state index in [0.717, 1.165) is 5.56 Å². The van der Waals surface area contributed by atoms with Crippen molar-refractivity contribution in [3.05, 3.63) is 34.9 Å². The molecule has 94 valence electrons. The Bertz CT molecular complexity index is 433. The molecule has 0 aromatic heterocycles. The fourth-order valence-electron chi connectivity index (χ4n) is 2.15. The van der Waals surface area contributed by atoms with Crippen LogP contribution in [0, 0.1) is 0 Å². The molecule has 1 rings (SSSR count). The van der Waals surface area contributed by atoms with E-state index in [0.29, 0.717) is 5.56 Å². The highest BCUT2D eigenvalue weighted by molar-refractivity contribution is 6.68. The molecule has 0 saturated heterocycles. The van der Waals surface area contributed by atoms with Crippen LogP contribution in [0.3, 0.4) is 0 Å². The summed E-state index contributed by atoms with van der Waals surface area (Å²) in [4.78, 5) is 11.6. The molecule has 1 nitrogen and oxygen atoms in total. The van der Waals surface area contributed by atoms with E-state index < -0.39 is 0 Å². The van der Waals surface area contributed by atoms with Gasteiger partial charge in [0.1, 0.15) is 0 Å². The van der Waals surface area contributed by atoms with Crippen LogP contribution < -0.4 is 0 Å². The molecule has 0 bridgehead atoms. The first-order chi connectivity index (χ1) is 7.55. The van der Waals surface area contributed by atoms with E-state index in [1.165, 1.54) is 5.56 Å². The second kappa shape index (κ2) is 4.45. The monoisotopic (exact) mass is 252 g/mol. The summed E-state index contributed by atoms with van der Waals surface area (Å²) >= 11 is 5.70. The van der Waals surface area contributed by atoms with Gasteiger partial charge in [0.05, 0.1) is 0 Å². The van der Waals surface area contributed by atoms with Crippen molar-refractivity contribution < 1.29 is 4.79 Å². The molecule has 0 aliphatic rings. The molecule has 0 spiro atoms. The Balaban J connectivity index is 3.64. The van der Waals surface area contributed by atoms with Gasteiger partial charge in [-0.1, -0.05) is 53.7 Å². The van der Waals surface area contributed by atoms with E-state index in [1.54, 1.807) is 0 Å². The summed E-state index contributed by atoms with van der Waals surface area (Å²) in [6, 6.07) is 5.81. The molecule has 0 saturated carbocycles. The lowest BCUT2D eigenvalue weighted by Crippen LogP contribution is -2.24. The maximum atomic E-state index is 11.6. The minimum atomic E-state index is -0.374. The second-order valence-electron chi connectivity index (χ2n) is 6.50. The zero-order chi connectivity index (χ0) is 13.4. The fraction of sp³-hybridized carbons (Fsp3) is 0.533. The predicted octanol–water partition coefficient (Wildman–Crippen LogP) is 4.66. The third-order valence-electron chi connectivity index (χ3n) is 2.83. The van der Waals surface area contributed by atoms with Crippen molar-refractivity contribution in [1.29, 1.82) is 0 Å². The first-order valence-corrected chi connectivity index (χ1v) is 6.27. The molecule has 0 radical (unpaired) electrons. The smallest absolute Gasteiger partial charge is 0.252 e. The molecule has 0 N–H and O–H groups in total. The molecule has 17 heavy (non-hydrogen) atoms. The lowest BCUT2D eigenvalue weighted by molar-refractivity contribution is 0.107. The molecule has 0 fully saturated rings. The lowest BCUT2D eigenvalue weighted by atomic mass is 9.73. The Morgan fingerprint density at radius 3 is 1.88 bits per heavy atom. The third kappa shape index (κ3) is 3.10. The van der Waals surface area contributed by atoms with Crippen molar-refractivity contribution in [2.75, 3.05) is 0 Å². The number of hydrogen-bond donors (Lipinski definition) is 0. The van der Waals surface area contributed by atoms with Gasteiger partial charge < -0.3 is 0 Å². The van der Waals surface area contributed by atoms with Crippen LogP contribution in [0.5, 0.6) is 0 Å². The van der Waals surface area contributed by atoms with Gasteiger partial charge >= 0.3 is 0 Å². The number of benzene rings is 1. The van der Waals surface area contributed by atoms with Crippen LogP contribution in [0.25, 0.3) is 0 Å². The summed E-state index contributed by atoms with van der Waals surface area (Å²) in [5, 5.41) is -0.374. The van der Waals surface area contributed by atoms with Crippen LogP contribution in [-0.2, 0) is 10.8 Å². The number of carbonyl (C=O) groups is 1. The highest BCUT2D eigenvalue weighted by atomic mass is 35.5. The number of halogens is 1. The minimum absolute atomic E-state index is 0.00492. The molecule has 2 heteroatoms. The highest BCUT2D eigenvalue weighted by Crippen LogP contribution is 2.36. The third-order valence-corrected chi connectivity index (χ3v) is 3.04. The maximum Gasteiger partial charge on any atom is 0.252 e. The Morgan fingerprint density at radius 1 is 1.00 bits per heavy atom. The van der Waals surface area contributed by atoms with Crippen LogP contribution >= 0.6 is 11.6 Å². The lowest BCUT2D eigenvalue weighted by Gasteiger charge is -2.31. The van der Waals surface area contributed by atoms with Gasteiger partial charge in [0.15, 0.2) is 0 Å². The minimum Gasteiger partial charge on any atom is -0.276 e. The number of rotatable bonds is 1. The van der Waals surface area contributed by atoms with Crippen molar-refractivity contribution in [1.82, 2.24) is 0 Å². The Morgan fingerprint density at radius 2 is 1.53 bits per heavy atom. The highest BCUT2D eigenvalue weighted by Gasteiger charge is 2.28. The Hall–Kier alpha value is -0.820. The number of hydrogen-bond acceptors (Lipinski definition) is 1. The quantitative estimate of drug-likeness (QED) is 0.665. The van der Waals surface area contributed by atoms with Crippen LogP contribution in [0.2, 0.25) is 0 Å². The summed E-state index contributed by atoms with van der Waals surface area (Å²) in [7, 11) is 0. The van der Waals surface area contributed by atoms with Gasteiger partial charge in [0.2, 0.25) is 0 Å². The van der Waals surface area contributed by atoms with Gasteiger partial charge in [-0.15, -0.1) is 0 Å². The summed E-state index contributed by atoms with van der Waals surface area (Å²) in [5.41, 5.74) is 2.80. The van der Waals surface area contributed by atoms with Gasteiger partial charge in [-0.05, 0) is 39.6 Å². The van der Waals surface area contributed by atoms with Crippen LogP contribution in [0.1, 0.15) is 63.0 Å². The molecule has 0 aliphatic heterocycles. The fourth-order valence-corrected chi connectivity index (χ4v) is 2.31. The normalized spacial score (nSPS) is 12.6.